The Morgan fingerprint density at radius 1 is 1.08 bits per heavy atom. The second-order valence-electron chi connectivity index (χ2n) is 6.02. The number of primary sulfonamides is 1. The summed E-state index contributed by atoms with van der Waals surface area (Å²) in [5.74, 6) is -2.86. The number of hydrogen-bond donors (Lipinski definition) is 4. The molecule has 9 heteroatoms. The molecule has 24 heavy (non-hydrogen) atoms. The van der Waals surface area contributed by atoms with Gasteiger partial charge in [-0.25, -0.2) is 13.6 Å². The van der Waals surface area contributed by atoms with E-state index in [-0.39, 0.29) is 16.7 Å². The van der Waals surface area contributed by atoms with Gasteiger partial charge in [0, 0.05) is 0 Å². The number of hydrazine groups is 1. The molecule has 1 amide bonds. The van der Waals surface area contributed by atoms with E-state index >= 15 is 0 Å². The van der Waals surface area contributed by atoms with E-state index in [2.05, 4.69) is 10.9 Å². The number of amides is 1. The fraction of sp³-hybridized carbons (Fsp3) is 0.333. The van der Waals surface area contributed by atoms with Crippen molar-refractivity contribution in [2.45, 2.75) is 11.3 Å². The highest BCUT2D eigenvalue weighted by Crippen LogP contribution is 2.48. The molecular weight excluding hydrogens is 334 g/mol. The molecule has 8 nitrogen and oxygen atoms in total. The minimum absolute atomic E-state index is 0.0384. The van der Waals surface area contributed by atoms with Gasteiger partial charge in [0.2, 0.25) is 15.9 Å². The molecular formula is C15H17N3O5S. The van der Waals surface area contributed by atoms with E-state index in [4.69, 9.17) is 5.14 Å². The van der Waals surface area contributed by atoms with Crippen LogP contribution in [0.2, 0.25) is 0 Å². The summed E-state index contributed by atoms with van der Waals surface area (Å²) in [6.07, 6.45) is 4.44. The molecule has 0 saturated heterocycles. The summed E-state index contributed by atoms with van der Waals surface area (Å²) >= 11 is 0. The first-order valence-electron chi connectivity index (χ1n) is 7.37. The van der Waals surface area contributed by atoms with E-state index in [1.54, 1.807) is 0 Å². The van der Waals surface area contributed by atoms with E-state index in [1.807, 2.05) is 12.2 Å². The molecule has 2 bridgehead atoms. The molecule has 1 saturated carbocycles. The predicted octanol–water partition coefficient (Wildman–Crippen LogP) is 0.300. The highest BCUT2D eigenvalue weighted by Gasteiger charge is 2.51. The normalized spacial score (nSPS) is 27.9. The van der Waals surface area contributed by atoms with Gasteiger partial charge in [-0.05, 0) is 42.5 Å². The summed E-state index contributed by atoms with van der Waals surface area (Å²) in [6.45, 7) is 0. The number of rotatable bonds is 5. The van der Waals surface area contributed by atoms with Gasteiger partial charge in [0.05, 0.1) is 22.4 Å². The van der Waals surface area contributed by atoms with Gasteiger partial charge >= 0.3 is 5.97 Å². The van der Waals surface area contributed by atoms with Crippen molar-refractivity contribution in [1.29, 1.82) is 0 Å². The highest BCUT2D eigenvalue weighted by molar-refractivity contribution is 7.89. The van der Waals surface area contributed by atoms with E-state index in [9.17, 15) is 23.1 Å². The van der Waals surface area contributed by atoms with Gasteiger partial charge in [0.25, 0.3) is 0 Å². The van der Waals surface area contributed by atoms with Crippen LogP contribution in [0.25, 0.3) is 0 Å². The van der Waals surface area contributed by atoms with Gasteiger partial charge < -0.3 is 5.11 Å². The van der Waals surface area contributed by atoms with Gasteiger partial charge in [-0.1, -0.05) is 12.2 Å². The highest BCUT2D eigenvalue weighted by atomic mass is 32.2. The standard InChI is InChI=1S/C15H17N3O5S/c16-24(22,23)11-5-3-10(4-6-11)17-18-14(19)12-8-1-2-9(7-8)13(12)15(20)21/h1-6,8-9,12-13,17H,7H2,(H,18,19)(H,20,21)(H2,16,22,23)/t8-,9+,12-,13+/m1/s1. The maximum absolute atomic E-state index is 12.4. The van der Waals surface area contributed by atoms with Crippen LogP contribution in [0.15, 0.2) is 41.3 Å². The number of sulfonamides is 1. The molecule has 0 unspecified atom stereocenters. The molecule has 2 aliphatic carbocycles. The first kappa shape index (κ1) is 16.5. The molecule has 1 aromatic rings. The van der Waals surface area contributed by atoms with E-state index in [0.29, 0.717) is 12.1 Å². The molecule has 0 radical (unpaired) electrons. The first-order chi connectivity index (χ1) is 11.3. The number of carboxylic acids is 1. The Balaban J connectivity index is 1.65. The number of hydrogen-bond acceptors (Lipinski definition) is 5. The zero-order chi connectivity index (χ0) is 17.5. The fourth-order valence-electron chi connectivity index (χ4n) is 3.46. The number of fused-ring (bicyclic) bond motifs is 2. The lowest BCUT2D eigenvalue weighted by molar-refractivity contribution is -0.147. The smallest absolute Gasteiger partial charge is 0.307 e. The van der Waals surface area contributed by atoms with E-state index < -0.39 is 33.7 Å². The van der Waals surface area contributed by atoms with Crippen LogP contribution in [0, 0.1) is 23.7 Å². The number of nitrogens with one attached hydrogen (secondary N) is 2. The minimum Gasteiger partial charge on any atom is -0.481 e. The maximum Gasteiger partial charge on any atom is 0.307 e. The van der Waals surface area contributed by atoms with Crippen molar-refractivity contribution in [3.63, 3.8) is 0 Å². The van der Waals surface area contributed by atoms with Crippen LogP contribution in [-0.2, 0) is 19.6 Å². The molecule has 1 aromatic carbocycles. The average molecular weight is 351 g/mol. The maximum atomic E-state index is 12.4. The van der Waals surface area contributed by atoms with Crippen molar-refractivity contribution < 1.29 is 23.1 Å². The van der Waals surface area contributed by atoms with Crippen LogP contribution in [0.3, 0.4) is 0 Å². The zero-order valence-corrected chi connectivity index (χ0v) is 13.4. The van der Waals surface area contributed by atoms with Gasteiger partial charge in [-0.2, -0.15) is 0 Å². The molecule has 0 aliphatic heterocycles. The molecule has 4 atom stereocenters. The summed E-state index contributed by atoms with van der Waals surface area (Å²) < 4.78 is 22.4. The SMILES string of the molecule is NS(=O)(=O)c1ccc(NNC(=O)[C@H]2[C@@H](C(=O)O)[C@H]3C=C[C@@H]2C3)cc1. The Kier molecular flexibility index (Phi) is 4.06. The van der Waals surface area contributed by atoms with Crippen molar-refractivity contribution in [2.24, 2.45) is 28.8 Å². The largest absolute Gasteiger partial charge is 0.481 e. The van der Waals surface area contributed by atoms with Crippen LogP contribution >= 0.6 is 0 Å². The van der Waals surface area contributed by atoms with Crippen LogP contribution in [0.5, 0.6) is 0 Å². The minimum atomic E-state index is -3.77. The van der Waals surface area contributed by atoms with Crippen molar-refractivity contribution in [3.8, 4) is 0 Å². The van der Waals surface area contributed by atoms with Gasteiger partial charge in [0.15, 0.2) is 0 Å². The molecule has 2 aliphatic rings. The summed E-state index contributed by atoms with van der Waals surface area (Å²) in [6, 6.07) is 5.53. The molecule has 3 rings (SSSR count). The van der Waals surface area contributed by atoms with Crippen LogP contribution in [0.1, 0.15) is 6.42 Å². The number of nitrogens with two attached hydrogens (primary N) is 1. The first-order valence-corrected chi connectivity index (χ1v) is 8.92. The van der Waals surface area contributed by atoms with Crippen LogP contribution in [0.4, 0.5) is 5.69 Å². The quantitative estimate of drug-likeness (QED) is 0.444. The molecule has 0 heterocycles. The third kappa shape index (κ3) is 3.00. The number of carbonyl (C=O) groups excluding carboxylic acids is 1. The number of anilines is 1. The molecule has 128 valence electrons. The number of aliphatic carboxylic acids is 1. The Bertz CT molecular complexity index is 803. The molecule has 0 aromatic heterocycles. The Labute approximate surface area is 138 Å². The summed E-state index contributed by atoms with van der Waals surface area (Å²) in [5, 5.41) is 14.4. The molecule has 1 fully saturated rings. The average Bonchev–Trinajstić information content (AvgIpc) is 3.13. The third-order valence-corrected chi connectivity index (χ3v) is 5.49. The lowest BCUT2D eigenvalue weighted by Crippen LogP contribution is -2.42. The number of carboxylic acid groups (broad SMARTS) is 1. The van der Waals surface area contributed by atoms with Crippen LogP contribution in [-0.4, -0.2) is 25.4 Å². The molecule has 5 N–H and O–H groups in total. The van der Waals surface area contributed by atoms with Crippen molar-refractivity contribution in [2.75, 3.05) is 5.43 Å². The lowest BCUT2D eigenvalue weighted by Gasteiger charge is -2.24. The van der Waals surface area contributed by atoms with Crippen molar-refractivity contribution >= 4 is 27.6 Å². The summed E-state index contributed by atoms with van der Waals surface area (Å²) in [7, 11) is -3.77. The summed E-state index contributed by atoms with van der Waals surface area (Å²) in [5.41, 5.74) is 5.63. The van der Waals surface area contributed by atoms with Gasteiger partial charge in [-0.15, -0.1) is 0 Å². The van der Waals surface area contributed by atoms with Crippen molar-refractivity contribution in [3.05, 3.63) is 36.4 Å². The monoisotopic (exact) mass is 351 g/mol. The van der Waals surface area contributed by atoms with Crippen molar-refractivity contribution in [1.82, 2.24) is 5.43 Å². The van der Waals surface area contributed by atoms with E-state index in [0.717, 1.165) is 0 Å². The number of allylic oxidation sites excluding steroid dienone is 2. The zero-order valence-electron chi connectivity index (χ0n) is 12.5. The molecule has 0 spiro atoms. The fourth-order valence-corrected chi connectivity index (χ4v) is 3.98. The van der Waals surface area contributed by atoms with E-state index in [1.165, 1.54) is 24.3 Å². The third-order valence-electron chi connectivity index (χ3n) is 4.56. The second kappa shape index (κ2) is 5.91. The Morgan fingerprint density at radius 2 is 1.67 bits per heavy atom. The second-order valence-corrected chi connectivity index (χ2v) is 7.58. The number of benzene rings is 1. The predicted molar refractivity (Wildman–Crippen MR) is 84.9 cm³/mol. The Hall–Kier alpha value is -2.39. The Morgan fingerprint density at radius 3 is 2.21 bits per heavy atom. The lowest BCUT2D eigenvalue weighted by atomic mass is 9.82. The van der Waals surface area contributed by atoms with Gasteiger partial charge in [0.1, 0.15) is 0 Å². The van der Waals surface area contributed by atoms with Gasteiger partial charge in [-0.3, -0.25) is 20.4 Å². The summed E-state index contributed by atoms with van der Waals surface area (Å²) in [4.78, 5) is 23.7. The van der Waals surface area contributed by atoms with Crippen LogP contribution < -0.4 is 16.0 Å². The topological polar surface area (TPSA) is 139 Å². The number of carbonyl (C=O) groups is 2.